The molecule has 0 spiro atoms. The molecule has 1 aliphatic rings. The van der Waals surface area contributed by atoms with Crippen LogP contribution in [0.15, 0.2) is 24.5 Å². The van der Waals surface area contributed by atoms with Crippen molar-refractivity contribution in [3.63, 3.8) is 0 Å². The van der Waals surface area contributed by atoms with Gasteiger partial charge in [-0.1, -0.05) is 6.07 Å². The fraction of sp³-hybridized carbons (Fsp3) is 0.300. The normalized spacial score (nSPS) is 21.0. The molecule has 0 aliphatic carbocycles. The maximum Gasteiger partial charge on any atom is 0.230 e. The largest absolute Gasteiger partial charge is 0.296 e. The summed E-state index contributed by atoms with van der Waals surface area (Å²) in [7, 11) is 0. The number of carbonyl (C=O) groups excluding carboxylic acids is 2. The molecule has 1 aromatic heterocycles. The van der Waals surface area contributed by atoms with Crippen molar-refractivity contribution >= 4 is 11.8 Å². The first kappa shape index (κ1) is 8.87. The lowest BCUT2D eigenvalue weighted by atomic mass is 9.99. The minimum Gasteiger partial charge on any atom is -0.296 e. The number of hydrogen-bond acceptors (Lipinski definition) is 3. The Morgan fingerprint density at radius 1 is 1.50 bits per heavy atom. The molecule has 2 amide bonds. The van der Waals surface area contributed by atoms with Gasteiger partial charge in [0, 0.05) is 18.8 Å². The first-order valence-electron chi connectivity index (χ1n) is 4.48. The summed E-state index contributed by atoms with van der Waals surface area (Å²) in [6.07, 6.45) is 4.29. The lowest BCUT2D eigenvalue weighted by molar-refractivity contribution is -0.125. The first-order valence-corrected chi connectivity index (χ1v) is 4.48. The molecule has 0 saturated carbocycles. The second kappa shape index (κ2) is 3.57. The maximum atomic E-state index is 11.2. The highest BCUT2D eigenvalue weighted by molar-refractivity contribution is 6.03. The van der Waals surface area contributed by atoms with Crippen LogP contribution >= 0.6 is 0 Å². The van der Waals surface area contributed by atoms with E-state index in [4.69, 9.17) is 0 Å². The van der Waals surface area contributed by atoms with Crippen LogP contribution < -0.4 is 5.32 Å². The van der Waals surface area contributed by atoms with Gasteiger partial charge in [0.25, 0.3) is 0 Å². The summed E-state index contributed by atoms with van der Waals surface area (Å²) < 4.78 is 0. The topological polar surface area (TPSA) is 59.1 Å². The van der Waals surface area contributed by atoms with Crippen LogP contribution in [0.2, 0.25) is 0 Å². The Kier molecular flexibility index (Phi) is 2.26. The predicted molar refractivity (Wildman–Crippen MR) is 49.2 cm³/mol. The van der Waals surface area contributed by atoms with Gasteiger partial charge >= 0.3 is 0 Å². The molecule has 1 saturated heterocycles. The average Bonchev–Trinajstić information content (AvgIpc) is 2.47. The van der Waals surface area contributed by atoms with Crippen LogP contribution in [0.4, 0.5) is 0 Å². The molecule has 0 radical (unpaired) electrons. The number of pyridine rings is 1. The quantitative estimate of drug-likeness (QED) is 0.682. The lowest BCUT2D eigenvalue weighted by Crippen LogP contribution is -2.22. The maximum absolute atomic E-state index is 11.2. The van der Waals surface area contributed by atoms with Gasteiger partial charge in [-0.05, 0) is 18.1 Å². The van der Waals surface area contributed by atoms with E-state index in [-0.39, 0.29) is 17.7 Å². The Morgan fingerprint density at radius 2 is 2.36 bits per heavy atom. The zero-order valence-electron chi connectivity index (χ0n) is 7.56. The van der Waals surface area contributed by atoms with Crippen molar-refractivity contribution < 1.29 is 9.59 Å². The van der Waals surface area contributed by atoms with Gasteiger partial charge in [0.05, 0.1) is 5.92 Å². The van der Waals surface area contributed by atoms with E-state index in [9.17, 15) is 9.59 Å². The Labute approximate surface area is 81.3 Å². The molecule has 0 bridgehead atoms. The number of rotatable bonds is 2. The van der Waals surface area contributed by atoms with Crippen LogP contribution in [0.3, 0.4) is 0 Å². The average molecular weight is 190 g/mol. The molecule has 4 heteroatoms. The van der Waals surface area contributed by atoms with Gasteiger partial charge in [-0.25, -0.2) is 0 Å². The van der Waals surface area contributed by atoms with E-state index in [1.807, 2.05) is 12.1 Å². The Balaban J connectivity index is 2.05. The lowest BCUT2D eigenvalue weighted by Gasteiger charge is -2.04. The second-order valence-corrected chi connectivity index (χ2v) is 3.38. The molecule has 1 aliphatic heterocycles. The summed E-state index contributed by atoms with van der Waals surface area (Å²) in [5.41, 5.74) is 0.988. The van der Waals surface area contributed by atoms with Crippen LogP contribution in [0.1, 0.15) is 12.0 Å². The molecule has 72 valence electrons. The van der Waals surface area contributed by atoms with Crippen LogP contribution in [-0.2, 0) is 16.0 Å². The standard InChI is InChI=1S/C10H10N2O2/c13-9-5-8(10(14)12-9)4-7-2-1-3-11-6-7/h1-3,6,8H,4-5H2,(H,12,13,14). The predicted octanol–water partition coefficient (Wildman–Crippen LogP) is 0.287. The van der Waals surface area contributed by atoms with Crippen molar-refractivity contribution in [2.45, 2.75) is 12.8 Å². The molecule has 2 rings (SSSR count). The molecule has 0 aromatic carbocycles. The highest BCUT2D eigenvalue weighted by Crippen LogP contribution is 2.16. The highest BCUT2D eigenvalue weighted by Gasteiger charge is 2.30. The van der Waals surface area contributed by atoms with E-state index in [2.05, 4.69) is 10.3 Å². The third-order valence-electron chi connectivity index (χ3n) is 2.27. The molecule has 1 atom stereocenters. The van der Waals surface area contributed by atoms with Crippen LogP contribution in [-0.4, -0.2) is 16.8 Å². The molecular weight excluding hydrogens is 180 g/mol. The molecule has 1 unspecified atom stereocenters. The van der Waals surface area contributed by atoms with E-state index in [0.29, 0.717) is 12.8 Å². The van der Waals surface area contributed by atoms with Gasteiger partial charge in [-0.3, -0.25) is 19.9 Å². The van der Waals surface area contributed by atoms with Crippen molar-refractivity contribution in [1.29, 1.82) is 0 Å². The molecule has 1 N–H and O–H groups in total. The summed E-state index contributed by atoms with van der Waals surface area (Å²) in [4.78, 5) is 26.1. The molecule has 2 heterocycles. The molecule has 1 aromatic rings. The number of nitrogens with one attached hydrogen (secondary N) is 1. The van der Waals surface area contributed by atoms with Crippen molar-refractivity contribution in [2.24, 2.45) is 5.92 Å². The fourth-order valence-corrected chi connectivity index (χ4v) is 1.58. The number of imide groups is 1. The zero-order chi connectivity index (χ0) is 9.97. The van der Waals surface area contributed by atoms with Crippen molar-refractivity contribution in [1.82, 2.24) is 10.3 Å². The van der Waals surface area contributed by atoms with Crippen molar-refractivity contribution in [3.05, 3.63) is 30.1 Å². The Bertz CT molecular complexity index is 362. The Hall–Kier alpha value is -1.71. The molecular formula is C10H10N2O2. The first-order chi connectivity index (χ1) is 6.75. The van der Waals surface area contributed by atoms with Gasteiger partial charge in [0.15, 0.2) is 0 Å². The van der Waals surface area contributed by atoms with Crippen LogP contribution in [0.25, 0.3) is 0 Å². The van der Waals surface area contributed by atoms with Gasteiger partial charge in [-0.15, -0.1) is 0 Å². The van der Waals surface area contributed by atoms with E-state index >= 15 is 0 Å². The van der Waals surface area contributed by atoms with Gasteiger partial charge in [-0.2, -0.15) is 0 Å². The van der Waals surface area contributed by atoms with E-state index in [0.717, 1.165) is 5.56 Å². The number of nitrogens with zero attached hydrogens (tertiary/aromatic N) is 1. The smallest absolute Gasteiger partial charge is 0.230 e. The summed E-state index contributed by atoms with van der Waals surface area (Å²) in [6, 6.07) is 3.73. The van der Waals surface area contributed by atoms with Gasteiger partial charge < -0.3 is 0 Å². The summed E-state index contributed by atoms with van der Waals surface area (Å²) in [5.74, 6) is -0.561. The van der Waals surface area contributed by atoms with Gasteiger partial charge in [0.2, 0.25) is 11.8 Å². The van der Waals surface area contributed by atoms with Crippen LogP contribution in [0, 0.1) is 5.92 Å². The van der Waals surface area contributed by atoms with E-state index in [1.54, 1.807) is 12.4 Å². The monoisotopic (exact) mass is 190 g/mol. The fourth-order valence-electron chi connectivity index (χ4n) is 1.58. The third-order valence-corrected chi connectivity index (χ3v) is 2.27. The van der Waals surface area contributed by atoms with E-state index < -0.39 is 0 Å². The van der Waals surface area contributed by atoms with Crippen LogP contribution in [0.5, 0.6) is 0 Å². The summed E-state index contributed by atoms with van der Waals surface area (Å²) in [5, 5.41) is 2.29. The van der Waals surface area contributed by atoms with Crippen molar-refractivity contribution in [3.8, 4) is 0 Å². The third kappa shape index (κ3) is 1.79. The van der Waals surface area contributed by atoms with E-state index in [1.165, 1.54) is 0 Å². The number of carbonyl (C=O) groups is 2. The summed E-state index contributed by atoms with van der Waals surface area (Å²) >= 11 is 0. The van der Waals surface area contributed by atoms with Crippen molar-refractivity contribution in [2.75, 3.05) is 0 Å². The second-order valence-electron chi connectivity index (χ2n) is 3.38. The number of amides is 2. The number of hydrogen-bond donors (Lipinski definition) is 1. The molecule has 4 nitrogen and oxygen atoms in total. The minimum atomic E-state index is -0.216. The minimum absolute atomic E-state index is 0.168. The SMILES string of the molecule is O=C1CC(Cc2cccnc2)C(=O)N1. The van der Waals surface area contributed by atoms with Gasteiger partial charge in [0.1, 0.15) is 0 Å². The Morgan fingerprint density at radius 3 is 2.93 bits per heavy atom. The highest BCUT2D eigenvalue weighted by atomic mass is 16.2. The molecule has 14 heavy (non-hydrogen) atoms. The molecule has 1 fully saturated rings. The number of aromatic nitrogens is 1. The zero-order valence-corrected chi connectivity index (χ0v) is 7.56. The summed E-state index contributed by atoms with van der Waals surface area (Å²) in [6.45, 7) is 0.